The molecule has 0 amide bonds. The third kappa shape index (κ3) is 3.71. The SMILES string of the molecule is C[C@@H](NCc1csnn1)c1nc(Cc2ccccc2)no1. The van der Waals surface area contributed by atoms with E-state index in [-0.39, 0.29) is 6.04 Å². The van der Waals surface area contributed by atoms with Gasteiger partial charge in [0.05, 0.1) is 11.7 Å². The normalized spacial score (nSPS) is 12.4. The minimum absolute atomic E-state index is 0.0243. The molecule has 3 aromatic rings. The smallest absolute Gasteiger partial charge is 0.243 e. The summed E-state index contributed by atoms with van der Waals surface area (Å²) < 4.78 is 9.14. The van der Waals surface area contributed by atoms with Crippen molar-refractivity contribution in [2.24, 2.45) is 0 Å². The standard InChI is InChI=1S/C14H15N5OS/c1-10(15-8-12-9-21-19-17-12)14-16-13(18-20-14)7-11-5-3-2-4-6-11/h2-6,9-10,15H,7-8H2,1H3/t10-/m1/s1. The Morgan fingerprint density at radius 1 is 1.29 bits per heavy atom. The summed E-state index contributed by atoms with van der Waals surface area (Å²) in [6.07, 6.45) is 0.674. The fraction of sp³-hybridized carbons (Fsp3) is 0.286. The fourth-order valence-corrected chi connectivity index (χ4v) is 2.35. The van der Waals surface area contributed by atoms with E-state index in [9.17, 15) is 0 Å². The Morgan fingerprint density at radius 2 is 2.14 bits per heavy atom. The zero-order chi connectivity index (χ0) is 14.5. The molecule has 0 unspecified atom stereocenters. The summed E-state index contributed by atoms with van der Waals surface area (Å²) in [6.45, 7) is 2.62. The average Bonchev–Trinajstić information content (AvgIpc) is 3.17. The molecule has 2 aromatic heterocycles. The van der Waals surface area contributed by atoms with Crippen LogP contribution in [0.4, 0.5) is 0 Å². The van der Waals surface area contributed by atoms with Gasteiger partial charge < -0.3 is 9.84 Å². The monoisotopic (exact) mass is 301 g/mol. The molecule has 0 saturated heterocycles. The summed E-state index contributed by atoms with van der Waals surface area (Å²) in [5.41, 5.74) is 2.08. The van der Waals surface area contributed by atoms with Crippen molar-refractivity contribution < 1.29 is 4.52 Å². The van der Waals surface area contributed by atoms with Crippen LogP contribution in [-0.4, -0.2) is 19.7 Å². The van der Waals surface area contributed by atoms with E-state index in [0.29, 0.717) is 24.7 Å². The van der Waals surface area contributed by atoms with E-state index in [4.69, 9.17) is 4.52 Å². The van der Waals surface area contributed by atoms with Gasteiger partial charge in [-0.25, -0.2) is 0 Å². The van der Waals surface area contributed by atoms with E-state index < -0.39 is 0 Å². The second kappa shape index (κ2) is 6.55. The maximum Gasteiger partial charge on any atom is 0.243 e. The van der Waals surface area contributed by atoms with E-state index in [1.54, 1.807) is 0 Å². The molecule has 0 radical (unpaired) electrons. The highest BCUT2D eigenvalue weighted by Crippen LogP contribution is 2.13. The second-order valence-corrected chi connectivity index (χ2v) is 5.32. The maximum absolute atomic E-state index is 5.31. The van der Waals surface area contributed by atoms with Crippen LogP contribution in [0.15, 0.2) is 40.2 Å². The van der Waals surface area contributed by atoms with Crippen LogP contribution < -0.4 is 5.32 Å². The molecule has 1 N–H and O–H groups in total. The van der Waals surface area contributed by atoms with E-state index in [2.05, 4.69) is 25.0 Å². The first kappa shape index (κ1) is 13.8. The lowest BCUT2D eigenvalue weighted by molar-refractivity contribution is 0.335. The van der Waals surface area contributed by atoms with E-state index >= 15 is 0 Å². The highest BCUT2D eigenvalue weighted by molar-refractivity contribution is 7.03. The van der Waals surface area contributed by atoms with Crippen LogP contribution in [0, 0.1) is 0 Å². The summed E-state index contributed by atoms with van der Waals surface area (Å²) >= 11 is 1.34. The summed E-state index contributed by atoms with van der Waals surface area (Å²) in [5.74, 6) is 1.28. The lowest BCUT2D eigenvalue weighted by Gasteiger charge is -2.06. The zero-order valence-electron chi connectivity index (χ0n) is 11.6. The van der Waals surface area contributed by atoms with Crippen molar-refractivity contribution in [1.82, 2.24) is 25.0 Å². The molecule has 21 heavy (non-hydrogen) atoms. The Bertz CT molecular complexity index is 668. The highest BCUT2D eigenvalue weighted by atomic mass is 32.1. The van der Waals surface area contributed by atoms with Crippen LogP contribution in [0.5, 0.6) is 0 Å². The largest absolute Gasteiger partial charge is 0.338 e. The van der Waals surface area contributed by atoms with Gasteiger partial charge in [-0.05, 0) is 24.0 Å². The number of hydrogen-bond acceptors (Lipinski definition) is 7. The van der Waals surface area contributed by atoms with Gasteiger partial charge in [0, 0.05) is 18.3 Å². The molecule has 6 nitrogen and oxygen atoms in total. The molecular formula is C14H15N5OS. The van der Waals surface area contributed by atoms with Crippen LogP contribution in [0.3, 0.4) is 0 Å². The Balaban J connectivity index is 1.59. The van der Waals surface area contributed by atoms with Crippen molar-refractivity contribution in [3.05, 3.63) is 58.7 Å². The van der Waals surface area contributed by atoms with Gasteiger partial charge in [-0.3, -0.25) is 0 Å². The molecule has 0 spiro atoms. The first-order valence-corrected chi connectivity index (χ1v) is 7.50. The Labute approximate surface area is 126 Å². The third-order valence-electron chi connectivity index (χ3n) is 3.05. The van der Waals surface area contributed by atoms with Gasteiger partial charge in [-0.2, -0.15) is 4.98 Å². The summed E-state index contributed by atoms with van der Waals surface area (Å²) in [7, 11) is 0. The van der Waals surface area contributed by atoms with E-state index in [1.807, 2.05) is 42.6 Å². The molecule has 0 aliphatic rings. The first-order valence-electron chi connectivity index (χ1n) is 6.67. The van der Waals surface area contributed by atoms with Crippen LogP contribution in [0.25, 0.3) is 0 Å². The number of benzene rings is 1. The fourth-order valence-electron chi connectivity index (χ4n) is 1.90. The van der Waals surface area contributed by atoms with Gasteiger partial charge in [0.2, 0.25) is 5.89 Å². The summed E-state index contributed by atoms with van der Waals surface area (Å²) in [6, 6.07) is 10.1. The number of nitrogens with zero attached hydrogens (tertiary/aromatic N) is 4. The van der Waals surface area contributed by atoms with Gasteiger partial charge in [-0.15, -0.1) is 5.10 Å². The molecule has 0 bridgehead atoms. The second-order valence-electron chi connectivity index (χ2n) is 4.71. The minimum atomic E-state index is -0.0243. The quantitative estimate of drug-likeness (QED) is 0.753. The summed E-state index contributed by atoms with van der Waals surface area (Å²) in [4.78, 5) is 4.43. The Morgan fingerprint density at radius 3 is 2.90 bits per heavy atom. The predicted octanol–water partition coefficient (Wildman–Crippen LogP) is 2.36. The van der Waals surface area contributed by atoms with Crippen LogP contribution in [0.2, 0.25) is 0 Å². The molecule has 7 heteroatoms. The van der Waals surface area contributed by atoms with Crippen molar-refractivity contribution >= 4 is 11.5 Å². The lowest BCUT2D eigenvalue weighted by Crippen LogP contribution is -2.18. The molecular weight excluding hydrogens is 286 g/mol. The molecule has 0 aliphatic carbocycles. The van der Waals surface area contributed by atoms with Gasteiger partial charge in [0.15, 0.2) is 5.82 Å². The molecule has 108 valence electrons. The predicted molar refractivity (Wildman–Crippen MR) is 78.7 cm³/mol. The highest BCUT2D eigenvalue weighted by Gasteiger charge is 2.14. The maximum atomic E-state index is 5.31. The van der Waals surface area contributed by atoms with Crippen LogP contribution in [-0.2, 0) is 13.0 Å². The van der Waals surface area contributed by atoms with Crippen LogP contribution >= 0.6 is 11.5 Å². The molecule has 0 aliphatic heterocycles. The average molecular weight is 301 g/mol. The van der Waals surface area contributed by atoms with Gasteiger partial charge >= 0.3 is 0 Å². The molecule has 0 fully saturated rings. The van der Waals surface area contributed by atoms with Crippen molar-refractivity contribution in [1.29, 1.82) is 0 Å². The van der Waals surface area contributed by atoms with Crippen molar-refractivity contribution in [3.8, 4) is 0 Å². The number of aromatic nitrogens is 4. The van der Waals surface area contributed by atoms with E-state index in [0.717, 1.165) is 5.69 Å². The Kier molecular flexibility index (Phi) is 4.32. The number of hydrogen-bond donors (Lipinski definition) is 1. The summed E-state index contributed by atoms with van der Waals surface area (Å²) in [5, 5.41) is 13.2. The number of rotatable bonds is 6. The molecule has 1 atom stereocenters. The number of nitrogens with one attached hydrogen (secondary N) is 1. The van der Waals surface area contributed by atoms with Crippen molar-refractivity contribution in [3.63, 3.8) is 0 Å². The lowest BCUT2D eigenvalue weighted by atomic mass is 10.1. The van der Waals surface area contributed by atoms with Gasteiger partial charge in [0.1, 0.15) is 0 Å². The van der Waals surface area contributed by atoms with Crippen molar-refractivity contribution in [2.75, 3.05) is 0 Å². The van der Waals surface area contributed by atoms with Crippen LogP contribution in [0.1, 0.15) is 35.9 Å². The minimum Gasteiger partial charge on any atom is -0.338 e. The van der Waals surface area contributed by atoms with Crippen molar-refractivity contribution in [2.45, 2.75) is 25.9 Å². The van der Waals surface area contributed by atoms with Gasteiger partial charge in [-0.1, -0.05) is 40.0 Å². The van der Waals surface area contributed by atoms with E-state index in [1.165, 1.54) is 17.1 Å². The van der Waals surface area contributed by atoms with Gasteiger partial charge in [0.25, 0.3) is 0 Å². The first-order chi connectivity index (χ1) is 10.3. The molecule has 2 heterocycles. The molecule has 0 saturated carbocycles. The molecule has 1 aromatic carbocycles. The third-order valence-corrected chi connectivity index (χ3v) is 3.61. The Hall–Kier alpha value is -2.12. The molecule has 3 rings (SSSR count). The topological polar surface area (TPSA) is 76.7 Å². The zero-order valence-corrected chi connectivity index (χ0v) is 12.4.